The summed E-state index contributed by atoms with van der Waals surface area (Å²) in [6, 6.07) is 10.3. The van der Waals surface area contributed by atoms with Gasteiger partial charge in [-0.2, -0.15) is 0 Å². The summed E-state index contributed by atoms with van der Waals surface area (Å²) in [6.45, 7) is 4.16. The largest absolute Gasteiger partial charge is 0.264 e. The maximum absolute atomic E-state index is 6.47. The first-order valence-corrected chi connectivity index (χ1v) is 5.73. The minimum atomic E-state index is -0.117. The van der Waals surface area contributed by atoms with Crippen LogP contribution in [0.4, 0.5) is 0 Å². The summed E-state index contributed by atoms with van der Waals surface area (Å²) in [6.07, 6.45) is 3.58. The van der Waals surface area contributed by atoms with Gasteiger partial charge in [0.25, 0.3) is 0 Å². The Morgan fingerprint density at radius 1 is 1.19 bits per heavy atom. The van der Waals surface area contributed by atoms with Crippen LogP contribution in [0.2, 0.25) is 0 Å². The summed E-state index contributed by atoms with van der Waals surface area (Å²) in [5, 5.41) is -0.117. The van der Waals surface area contributed by atoms with Crippen LogP contribution in [0.3, 0.4) is 0 Å². The van der Waals surface area contributed by atoms with Crippen molar-refractivity contribution in [2.45, 2.75) is 19.2 Å². The number of nitrogens with zero attached hydrogens (tertiary/aromatic N) is 1. The van der Waals surface area contributed by atoms with Crippen molar-refractivity contribution in [1.29, 1.82) is 0 Å². The molecule has 1 aromatic carbocycles. The van der Waals surface area contributed by atoms with Gasteiger partial charge < -0.3 is 0 Å². The lowest BCUT2D eigenvalue weighted by molar-refractivity contribution is 1.08. The summed E-state index contributed by atoms with van der Waals surface area (Å²) in [5.74, 6) is 0. The fourth-order valence-electron chi connectivity index (χ4n) is 1.74. The van der Waals surface area contributed by atoms with Gasteiger partial charge >= 0.3 is 0 Å². The number of alkyl halides is 1. The van der Waals surface area contributed by atoms with Gasteiger partial charge in [-0.25, -0.2) is 0 Å². The number of aromatic nitrogens is 1. The Morgan fingerprint density at radius 3 is 2.69 bits per heavy atom. The molecule has 0 bridgehead atoms. The first-order valence-electron chi connectivity index (χ1n) is 5.29. The van der Waals surface area contributed by atoms with Crippen molar-refractivity contribution < 1.29 is 0 Å². The SMILES string of the molecule is Cc1ccc(C)c(C(Cl)c2cccnc2)c1. The van der Waals surface area contributed by atoms with Crippen molar-refractivity contribution in [3.05, 3.63) is 65.0 Å². The van der Waals surface area contributed by atoms with Crippen molar-refractivity contribution in [2.75, 3.05) is 0 Å². The van der Waals surface area contributed by atoms with E-state index in [4.69, 9.17) is 11.6 Å². The van der Waals surface area contributed by atoms with Crippen molar-refractivity contribution in [1.82, 2.24) is 4.98 Å². The van der Waals surface area contributed by atoms with E-state index in [1.807, 2.05) is 18.3 Å². The van der Waals surface area contributed by atoms with Crippen LogP contribution in [0.25, 0.3) is 0 Å². The van der Waals surface area contributed by atoms with Gasteiger partial charge in [-0.3, -0.25) is 4.98 Å². The van der Waals surface area contributed by atoms with Crippen LogP contribution in [0, 0.1) is 13.8 Å². The molecule has 0 fully saturated rings. The standard InChI is InChI=1S/C14H14ClN/c1-10-5-6-11(2)13(8-10)14(15)12-4-3-7-16-9-12/h3-9,14H,1-2H3. The van der Waals surface area contributed by atoms with Gasteiger partial charge in [-0.1, -0.05) is 29.8 Å². The molecule has 1 atom stereocenters. The Bertz CT molecular complexity index is 479. The van der Waals surface area contributed by atoms with Gasteiger partial charge in [0.2, 0.25) is 0 Å². The van der Waals surface area contributed by atoms with Crippen LogP contribution in [-0.4, -0.2) is 4.98 Å². The number of benzene rings is 1. The van der Waals surface area contributed by atoms with Crippen LogP contribution in [-0.2, 0) is 0 Å². The maximum atomic E-state index is 6.47. The molecule has 0 aliphatic heterocycles. The third-order valence-corrected chi connectivity index (χ3v) is 3.17. The van der Waals surface area contributed by atoms with E-state index in [0.717, 1.165) is 11.1 Å². The van der Waals surface area contributed by atoms with E-state index in [1.165, 1.54) is 11.1 Å². The third-order valence-electron chi connectivity index (χ3n) is 2.68. The molecule has 0 N–H and O–H groups in total. The number of hydrogen-bond acceptors (Lipinski definition) is 1. The number of pyridine rings is 1. The minimum Gasteiger partial charge on any atom is -0.264 e. The van der Waals surface area contributed by atoms with E-state index in [1.54, 1.807) is 6.20 Å². The Kier molecular flexibility index (Phi) is 3.25. The highest BCUT2D eigenvalue weighted by molar-refractivity contribution is 6.22. The molecule has 0 amide bonds. The van der Waals surface area contributed by atoms with Crippen molar-refractivity contribution in [3.63, 3.8) is 0 Å². The van der Waals surface area contributed by atoms with E-state index in [0.29, 0.717) is 0 Å². The lowest BCUT2D eigenvalue weighted by Crippen LogP contribution is -1.97. The molecule has 0 radical (unpaired) electrons. The highest BCUT2D eigenvalue weighted by Crippen LogP contribution is 2.30. The molecule has 1 nitrogen and oxygen atoms in total. The van der Waals surface area contributed by atoms with Crippen LogP contribution < -0.4 is 0 Å². The predicted octanol–water partition coefficient (Wildman–Crippen LogP) is 4.03. The Labute approximate surface area is 101 Å². The third kappa shape index (κ3) is 2.25. The fraction of sp³-hybridized carbons (Fsp3) is 0.214. The molecule has 0 aliphatic carbocycles. The van der Waals surface area contributed by atoms with Gasteiger partial charge in [-0.05, 0) is 36.6 Å². The molecule has 0 spiro atoms. The van der Waals surface area contributed by atoms with Crippen molar-refractivity contribution in [3.8, 4) is 0 Å². The van der Waals surface area contributed by atoms with Gasteiger partial charge in [0.05, 0.1) is 5.38 Å². The predicted molar refractivity (Wildman–Crippen MR) is 67.8 cm³/mol. The molecule has 0 saturated heterocycles. The summed E-state index contributed by atoms with van der Waals surface area (Å²) >= 11 is 6.47. The van der Waals surface area contributed by atoms with Gasteiger partial charge in [0.1, 0.15) is 0 Å². The zero-order valence-electron chi connectivity index (χ0n) is 9.44. The Morgan fingerprint density at radius 2 is 2.00 bits per heavy atom. The van der Waals surface area contributed by atoms with E-state index < -0.39 is 0 Å². The molecule has 1 heterocycles. The van der Waals surface area contributed by atoms with E-state index in [2.05, 4.69) is 37.0 Å². The van der Waals surface area contributed by atoms with Crippen LogP contribution >= 0.6 is 11.6 Å². The van der Waals surface area contributed by atoms with Crippen molar-refractivity contribution >= 4 is 11.6 Å². The molecule has 0 aliphatic rings. The normalized spacial score (nSPS) is 12.4. The monoisotopic (exact) mass is 231 g/mol. The molecule has 1 aromatic heterocycles. The van der Waals surface area contributed by atoms with Crippen molar-refractivity contribution in [2.24, 2.45) is 0 Å². The molecule has 2 aromatic rings. The molecular formula is C14H14ClN. The molecule has 0 saturated carbocycles. The molecule has 82 valence electrons. The number of halogens is 1. The highest BCUT2D eigenvalue weighted by atomic mass is 35.5. The van der Waals surface area contributed by atoms with Gasteiger partial charge in [-0.15, -0.1) is 11.6 Å². The highest BCUT2D eigenvalue weighted by Gasteiger charge is 2.13. The average molecular weight is 232 g/mol. The van der Waals surface area contributed by atoms with E-state index in [9.17, 15) is 0 Å². The van der Waals surface area contributed by atoms with E-state index in [-0.39, 0.29) is 5.38 Å². The number of aryl methyl sites for hydroxylation is 2. The topological polar surface area (TPSA) is 12.9 Å². The van der Waals surface area contributed by atoms with Crippen LogP contribution in [0.1, 0.15) is 27.6 Å². The first-order chi connectivity index (χ1) is 7.68. The van der Waals surface area contributed by atoms with Crippen LogP contribution in [0.5, 0.6) is 0 Å². The second kappa shape index (κ2) is 4.67. The molecule has 1 unspecified atom stereocenters. The second-order valence-electron chi connectivity index (χ2n) is 4.01. The first kappa shape index (κ1) is 11.2. The summed E-state index contributed by atoms with van der Waals surface area (Å²) in [7, 11) is 0. The molecule has 2 heteroatoms. The van der Waals surface area contributed by atoms with E-state index >= 15 is 0 Å². The van der Waals surface area contributed by atoms with Gasteiger partial charge in [0, 0.05) is 12.4 Å². The quantitative estimate of drug-likeness (QED) is 0.712. The van der Waals surface area contributed by atoms with Gasteiger partial charge in [0.15, 0.2) is 0 Å². The zero-order chi connectivity index (χ0) is 11.5. The zero-order valence-corrected chi connectivity index (χ0v) is 10.2. The Balaban J connectivity index is 2.41. The summed E-state index contributed by atoms with van der Waals surface area (Å²) in [5.41, 5.74) is 4.65. The average Bonchev–Trinajstić information content (AvgIpc) is 2.32. The van der Waals surface area contributed by atoms with Crippen LogP contribution in [0.15, 0.2) is 42.7 Å². The number of rotatable bonds is 2. The lowest BCUT2D eigenvalue weighted by Gasteiger charge is -2.13. The minimum absolute atomic E-state index is 0.117. The number of hydrogen-bond donors (Lipinski definition) is 0. The maximum Gasteiger partial charge on any atom is 0.0852 e. The Hall–Kier alpha value is -1.34. The molecular weight excluding hydrogens is 218 g/mol. The summed E-state index contributed by atoms with van der Waals surface area (Å²) < 4.78 is 0. The smallest absolute Gasteiger partial charge is 0.0852 e. The summed E-state index contributed by atoms with van der Waals surface area (Å²) in [4.78, 5) is 4.10. The molecule has 16 heavy (non-hydrogen) atoms. The molecule has 2 rings (SSSR count). The fourth-order valence-corrected chi connectivity index (χ4v) is 2.10. The lowest BCUT2D eigenvalue weighted by atomic mass is 9.99. The second-order valence-corrected chi connectivity index (χ2v) is 4.45.